The Labute approximate surface area is 118 Å². The van der Waals surface area contributed by atoms with Gasteiger partial charge in [-0.2, -0.15) is 0 Å². The third-order valence-electron chi connectivity index (χ3n) is 3.59. The third-order valence-corrected chi connectivity index (χ3v) is 3.59. The molecule has 0 aliphatic carbocycles. The number of hydroxylamine groups is 1. The van der Waals surface area contributed by atoms with E-state index in [0.717, 1.165) is 0 Å². The molecule has 3 saturated heterocycles. The molecule has 3 rings (SSSR count). The minimum atomic E-state index is -1.22. The second-order valence-corrected chi connectivity index (χ2v) is 6.39. The minimum absolute atomic E-state index is 0.319. The molecule has 0 aromatic heterocycles. The molecule has 0 saturated carbocycles. The first-order valence-electron chi connectivity index (χ1n) is 6.76. The normalized spacial score (nSPS) is 46.0. The van der Waals surface area contributed by atoms with Crippen LogP contribution in [-0.2, 0) is 23.7 Å². The molecule has 0 N–H and O–H groups in total. The van der Waals surface area contributed by atoms with Crippen molar-refractivity contribution in [3.05, 3.63) is 5.21 Å². The number of ether oxygens (including phenoxy) is 5. The van der Waals surface area contributed by atoms with E-state index in [1.54, 1.807) is 13.8 Å². The highest BCUT2D eigenvalue weighted by Crippen LogP contribution is 2.47. The van der Waals surface area contributed by atoms with Gasteiger partial charge in [0.1, 0.15) is 19.3 Å². The van der Waals surface area contributed by atoms with Crippen LogP contribution in [-0.4, -0.2) is 60.3 Å². The number of rotatable bonds is 1. The first kappa shape index (κ1) is 14.2. The number of nitrogens with zero attached hydrogens (tertiary/aromatic N) is 1. The summed E-state index contributed by atoms with van der Waals surface area (Å²) in [6.07, 6.45) is 0.195. The van der Waals surface area contributed by atoms with Gasteiger partial charge in [-0.25, -0.2) is 4.74 Å². The second-order valence-electron chi connectivity index (χ2n) is 6.39. The van der Waals surface area contributed by atoms with E-state index in [-0.39, 0.29) is 12.2 Å². The smallest absolute Gasteiger partial charge is 0.281 e. The van der Waals surface area contributed by atoms with E-state index < -0.39 is 23.5 Å². The molecule has 3 aliphatic rings. The van der Waals surface area contributed by atoms with Gasteiger partial charge in [0.2, 0.25) is 6.21 Å². The lowest BCUT2D eigenvalue weighted by Crippen LogP contribution is -2.51. The Morgan fingerprint density at radius 2 is 1.80 bits per heavy atom. The SMILES string of the molecule is C/[N+]([O-])=C/[C@@]12O[C@H]3COC(C)(C)O[C@H]3[C@@H]1OC(C)(C)O2. The molecular weight excluding hydrogens is 266 g/mol. The molecule has 7 heteroatoms. The molecule has 0 aromatic rings. The van der Waals surface area contributed by atoms with Crippen LogP contribution < -0.4 is 0 Å². The maximum Gasteiger partial charge on any atom is 0.281 e. The van der Waals surface area contributed by atoms with E-state index in [1.165, 1.54) is 13.3 Å². The summed E-state index contributed by atoms with van der Waals surface area (Å²) in [5.74, 6) is -2.77. The summed E-state index contributed by atoms with van der Waals surface area (Å²) < 4.78 is 29.9. The molecule has 0 spiro atoms. The summed E-state index contributed by atoms with van der Waals surface area (Å²) in [6.45, 7) is 7.63. The molecule has 3 heterocycles. The van der Waals surface area contributed by atoms with Gasteiger partial charge >= 0.3 is 0 Å². The van der Waals surface area contributed by atoms with Crippen molar-refractivity contribution in [3.63, 3.8) is 0 Å². The van der Waals surface area contributed by atoms with Crippen LogP contribution in [0.25, 0.3) is 0 Å². The summed E-state index contributed by atoms with van der Waals surface area (Å²) in [5, 5.41) is 11.5. The van der Waals surface area contributed by atoms with Crippen LogP contribution in [0.1, 0.15) is 27.7 Å². The molecule has 3 aliphatic heterocycles. The van der Waals surface area contributed by atoms with Gasteiger partial charge in [-0.3, -0.25) is 0 Å². The lowest BCUT2D eigenvalue weighted by atomic mass is 10.0. The first-order valence-corrected chi connectivity index (χ1v) is 6.76. The summed E-state index contributed by atoms with van der Waals surface area (Å²) in [6, 6.07) is 0. The Morgan fingerprint density at radius 3 is 2.45 bits per heavy atom. The Hall–Kier alpha value is -0.730. The molecule has 0 aromatic carbocycles. The fourth-order valence-corrected chi connectivity index (χ4v) is 3.03. The van der Waals surface area contributed by atoms with Crippen molar-refractivity contribution in [2.24, 2.45) is 0 Å². The summed E-state index contributed by atoms with van der Waals surface area (Å²) in [4.78, 5) is 0. The number of hydrogen-bond acceptors (Lipinski definition) is 6. The number of fused-ring (bicyclic) bond motifs is 3. The molecule has 0 bridgehead atoms. The fraction of sp³-hybridized carbons (Fsp3) is 0.923. The van der Waals surface area contributed by atoms with E-state index in [2.05, 4.69) is 0 Å². The number of hydrogen-bond donors (Lipinski definition) is 0. The molecule has 20 heavy (non-hydrogen) atoms. The van der Waals surface area contributed by atoms with Gasteiger partial charge in [0, 0.05) is 0 Å². The molecule has 3 fully saturated rings. The zero-order valence-corrected chi connectivity index (χ0v) is 12.4. The van der Waals surface area contributed by atoms with Gasteiger partial charge in [0.25, 0.3) is 5.79 Å². The standard InChI is InChI=1S/C13H21NO6/c1-11(2)16-6-8-9(18-11)10-13(17-8,7-14(5)15)20-12(3,4)19-10/h7-10H,6H2,1-5H3/b14-7-/t8-,9+,10-,13-/m0/s1. The molecule has 0 amide bonds. The Bertz CT molecular complexity index is 444. The quantitative estimate of drug-likeness (QED) is 0.304. The predicted molar refractivity (Wildman–Crippen MR) is 68.2 cm³/mol. The van der Waals surface area contributed by atoms with Gasteiger partial charge in [-0.1, -0.05) is 0 Å². The van der Waals surface area contributed by atoms with Crippen LogP contribution in [0.4, 0.5) is 0 Å². The molecule has 0 radical (unpaired) electrons. The summed E-state index contributed by atoms with van der Waals surface area (Å²) in [7, 11) is 1.38. The monoisotopic (exact) mass is 287 g/mol. The van der Waals surface area contributed by atoms with E-state index in [9.17, 15) is 5.21 Å². The molecule has 114 valence electrons. The van der Waals surface area contributed by atoms with Crippen LogP contribution >= 0.6 is 0 Å². The molecule has 0 unspecified atom stereocenters. The Kier molecular flexibility index (Phi) is 2.94. The second kappa shape index (κ2) is 4.14. The van der Waals surface area contributed by atoms with E-state index in [4.69, 9.17) is 23.7 Å². The van der Waals surface area contributed by atoms with Crippen molar-refractivity contribution >= 4 is 6.21 Å². The van der Waals surface area contributed by atoms with Crippen molar-refractivity contribution in [2.75, 3.05) is 13.7 Å². The highest BCUT2D eigenvalue weighted by molar-refractivity contribution is 5.64. The van der Waals surface area contributed by atoms with Crippen LogP contribution in [0.2, 0.25) is 0 Å². The van der Waals surface area contributed by atoms with Crippen LogP contribution in [0.15, 0.2) is 0 Å². The Morgan fingerprint density at radius 1 is 1.10 bits per heavy atom. The molecular formula is C13H21NO6. The highest BCUT2D eigenvalue weighted by Gasteiger charge is 2.68. The van der Waals surface area contributed by atoms with Crippen LogP contribution in [0.5, 0.6) is 0 Å². The Balaban J connectivity index is 1.95. The first-order chi connectivity index (χ1) is 9.13. The summed E-state index contributed by atoms with van der Waals surface area (Å²) >= 11 is 0. The zero-order chi connectivity index (χ0) is 14.8. The highest BCUT2D eigenvalue weighted by atomic mass is 16.9. The van der Waals surface area contributed by atoms with Crippen molar-refractivity contribution in [2.45, 2.75) is 63.4 Å². The van der Waals surface area contributed by atoms with Crippen LogP contribution in [0, 0.1) is 5.21 Å². The minimum Gasteiger partial charge on any atom is -0.624 e. The lowest BCUT2D eigenvalue weighted by Gasteiger charge is -2.38. The lowest BCUT2D eigenvalue weighted by molar-refractivity contribution is -0.428. The topological polar surface area (TPSA) is 72.2 Å². The average molecular weight is 287 g/mol. The fourth-order valence-electron chi connectivity index (χ4n) is 3.03. The zero-order valence-electron chi connectivity index (χ0n) is 12.4. The van der Waals surface area contributed by atoms with E-state index >= 15 is 0 Å². The average Bonchev–Trinajstić information content (AvgIpc) is 2.64. The van der Waals surface area contributed by atoms with Gasteiger partial charge in [0.05, 0.1) is 6.61 Å². The third kappa shape index (κ3) is 2.23. The van der Waals surface area contributed by atoms with E-state index in [1.807, 2.05) is 13.8 Å². The maximum atomic E-state index is 11.5. The van der Waals surface area contributed by atoms with Gasteiger partial charge in [-0.15, -0.1) is 0 Å². The van der Waals surface area contributed by atoms with Gasteiger partial charge in [0.15, 0.2) is 17.7 Å². The van der Waals surface area contributed by atoms with Crippen molar-refractivity contribution in [3.8, 4) is 0 Å². The van der Waals surface area contributed by atoms with Crippen molar-refractivity contribution in [1.29, 1.82) is 0 Å². The van der Waals surface area contributed by atoms with Crippen molar-refractivity contribution in [1.82, 2.24) is 0 Å². The van der Waals surface area contributed by atoms with Crippen molar-refractivity contribution < 1.29 is 28.4 Å². The summed E-state index contributed by atoms with van der Waals surface area (Å²) in [5.41, 5.74) is 0. The molecule has 7 nitrogen and oxygen atoms in total. The van der Waals surface area contributed by atoms with E-state index in [0.29, 0.717) is 11.3 Å². The van der Waals surface area contributed by atoms with Gasteiger partial charge in [-0.05, 0) is 27.7 Å². The largest absolute Gasteiger partial charge is 0.624 e. The predicted octanol–water partition coefficient (Wildman–Crippen LogP) is 0.595. The maximum absolute atomic E-state index is 11.5. The molecule has 4 atom stereocenters. The van der Waals surface area contributed by atoms with Crippen LogP contribution in [0.3, 0.4) is 0 Å². The van der Waals surface area contributed by atoms with Gasteiger partial charge < -0.3 is 28.9 Å².